The van der Waals surface area contributed by atoms with Crippen LogP contribution < -0.4 is 5.32 Å². The van der Waals surface area contributed by atoms with Gasteiger partial charge in [0.2, 0.25) is 11.9 Å². The molecule has 4 aromatic rings. The van der Waals surface area contributed by atoms with Crippen molar-refractivity contribution in [1.82, 2.24) is 34.8 Å². The summed E-state index contributed by atoms with van der Waals surface area (Å²) in [5.74, 6) is 2.07. The van der Waals surface area contributed by atoms with Crippen molar-refractivity contribution in [2.45, 2.75) is 51.6 Å². The third-order valence-electron chi connectivity index (χ3n) is 6.85. The van der Waals surface area contributed by atoms with Gasteiger partial charge in [-0.1, -0.05) is 29.4 Å². The Morgan fingerprint density at radius 3 is 2.43 bits per heavy atom. The van der Waals surface area contributed by atoms with Crippen LogP contribution in [0.2, 0.25) is 0 Å². The van der Waals surface area contributed by atoms with Crippen LogP contribution in [-0.4, -0.2) is 60.8 Å². The lowest BCUT2D eigenvalue weighted by Crippen LogP contribution is -2.28. The lowest BCUT2D eigenvalue weighted by molar-refractivity contribution is -0.129. The molecule has 1 unspecified atom stereocenters. The summed E-state index contributed by atoms with van der Waals surface area (Å²) in [7, 11) is 3.44. The van der Waals surface area contributed by atoms with E-state index in [0.717, 1.165) is 29.5 Å². The molecule has 0 aliphatic heterocycles. The number of nitrogens with zero attached hydrogens (tertiary/aromatic N) is 7. The van der Waals surface area contributed by atoms with E-state index in [2.05, 4.69) is 70.6 Å². The van der Waals surface area contributed by atoms with Gasteiger partial charge in [-0.15, -0.1) is 0 Å². The molecule has 37 heavy (non-hydrogen) atoms. The summed E-state index contributed by atoms with van der Waals surface area (Å²) in [6.45, 7) is 6.45. The molecule has 0 spiro atoms. The number of aromatic nitrogens is 6. The molecular weight excluding hydrogens is 468 g/mol. The third-order valence-corrected chi connectivity index (χ3v) is 6.85. The van der Waals surface area contributed by atoms with Gasteiger partial charge in [-0.2, -0.15) is 10.1 Å². The molecule has 1 aromatic carbocycles. The first kappa shape index (κ1) is 24.6. The van der Waals surface area contributed by atoms with Gasteiger partial charge in [0.05, 0.1) is 17.2 Å². The minimum atomic E-state index is -0.376. The summed E-state index contributed by atoms with van der Waals surface area (Å²) >= 11 is 0. The predicted octanol–water partition coefficient (Wildman–Crippen LogP) is 4.01. The second-order valence-corrected chi connectivity index (χ2v) is 10.3. The lowest BCUT2D eigenvalue weighted by atomic mass is 9.77. The number of amides is 1. The number of hydrogen-bond donors (Lipinski definition) is 1. The smallest absolute Gasteiger partial charge is 0.261 e. The number of rotatable bonds is 9. The molecule has 0 radical (unpaired) electrons. The zero-order valence-corrected chi connectivity index (χ0v) is 21.8. The van der Waals surface area contributed by atoms with E-state index in [1.165, 1.54) is 4.90 Å². The van der Waals surface area contributed by atoms with Gasteiger partial charge in [0, 0.05) is 44.3 Å². The highest BCUT2D eigenvalue weighted by Crippen LogP contribution is 2.50. The average molecular weight is 501 g/mol. The standard InChI is InChI=1S/C27H32N8O2/c1-17(2)31-26-28-12-19(13-29-26)18-6-8-21(9-7-18)27(3,22-10-11-22)25-32-24(37-33-25)20-14-30-35(15-20)16-23(36)34(4)5/h6-9,12-15,17,22H,10-11,16H2,1-5H3,(H,28,29,31). The van der Waals surface area contributed by atoms with Gasteiger partial charge in [0.1, 0.15) is 6.54 Å². The lowest BCUT2D eigenvalue weighted by Gasteiger charge is -2.27. The van der Waals surface area contributed by atoms with Crippen LogP contribution in [0.25, 0.3) is 22.6 Å². The number of anilines is 1. The highest BCUT2D eigenvalue weighted by Gasteiger charge is 2.47. The molecule has 1 fully saturated rings. The average Bonchev–Trinajstić information content (AvgIpc) is 3.44. The van der Waals surface area contributed by atoms with Crippen LogP contribution in [0.15, 0.2) is 53.6 Å². The molecule has 3 aromatic heterocycles. The number of likely N-dealkylation sites (N-methyl/N-ethyl adjacent to an activating group) is 1. The Morgan fingerprint density at radius 2 is 1.81 bits per heavy atom. The van der Waals surface area contributed by atoms with Crippen LogP contribution >= 0.6 is 0 Å². The van der Waals surface area contributed by atoms with E-state index in [9.17, 15) is 4.79 Å². The van der Waals surface area contributed by atoms with Crippen LogP contribution in [0.1, 0.15) is 45.0 Å². The van der Waals surface area contributed by atoms with Gasteiger partial charge in [0.15, 0.2) is 5.82 Å². The molecule has 192 valence electrons. The van der Waals surface area contributed by atoms with Gasteiger partial charge >= 0.3 is 0 Å². The summed E-state index contributed by atoms with van der Waals surface area (Å²) in [6, 6.07) is 8.73. The van der Waals surface area contributed by atoms with E-state index in [4.69, 9.17) is 9.51 Å². The molecule has 5 rings (SSSR count). The molecule has 0 saturated heterocycles. The van der Waals surface area contributed by atoms with Gasteiger partial charge < -0.3 is 14.7 Å². The maximum absolute atomic E-state index is 12.0. The second-order valence-electron chi connectivity index (χ2n) is 10.3. The van der Waals surface area contributed by atoms with Crippen molar-refractivity contribution in [3.63, 3.8) is 0 Å². The van der Waals surface area contributed by atoms with Gasteiger partial charge in [-0.3, -0.25) is 9.48 Å². The highest BCUT2D eigenvalue weighted by molar-refractivity contribution is 5.75. The Balaban J connectivity index is 1.37. The van der Waals surface area contributed by atoms with Gasteiger partial charge in [-0.05, 0) is 50.7 Å². The SMILES string of the molecule is CC(C)Nc1ncc(-c2ccc(C(C)(c3noc(-c4cnn(CC(=O)N(C)C)c4)n3)C3CC3)cc2)cn1. The van der Waals surface area contributed by atoms with E-state index in [-0.39, 0.29) is 23.9 Å². The fourth-order valence-corrected chi connectivity index (χ4v) is 4.42. The number of nitrogens with one attached hydrogen (secondary N) is 1. The van der Waals surface area contributed by atoms with Crippen LogP contribution in [0.3, 0.4) is 0 Å². The largest absolute Gasteiger partial charge is 0.352 e. The van der Waals surface area contributed by atoms with Gasteiger partial charge in [0.25, 0.3) is 5.89 Å². The van der Waals surface area contributed by atoms with Crippen LogP contribution in [0.5, 0.6) is 0 Å². The minimum Gasteiger partial charge on any atom is -0.352 e. The Hall–Kier alpha value is -4.08. The van der Waals surface area contributed by atoms with Crippen LogP contribution in [-0.2, 0) is 16.8 Å². The van der Waals surface area contributed by atoms with E-state index in [1.807, 2.05) is 12.4 Å². The molecule has 1 amide bonds. The quantitative estimate of drug-likeness (QED) is 0.367. The Kier molecular flexibility index (Phi) is 6.49. The first-order valence-corrected chi connectivity index (χ1v) is 12.5. The maximum Gasteiger partial charge on any atom is 0.261 e. The highest BCUT2D eigenvalue weighted by atomic mass is 16.5. The maximum atomic E-state index is 12.0. The summed E-state index contributed by atoms with van der Waals surface area (Å²) in [5.41, 5.74) is 3.46. The Bertz CT molecular complexity index is 1370. The van der Waals surface area contributed by atoms with Crippen molar-refractivity contribution in [3.8, 4) is 22.6 Å². The van der Waals surface area contributed by atoms with Crippen LogP contribution in [0.4, 0.5) is 5.95 Å². The fourth-order valence-electron chi connectivity index (χ4n) is 4.42. The van der Waals surface area contributed by atoms with Crippen LogP contribution in [0, 0.1) is 5.92 Å². The molecule has 1 saturated carbocycles. The number of hydrogen-bond acceptors (Lipinski definition) is 8. The normalized spacial score (nSPS) is 15.0. The predicted molar refractivity (Wildman–Crippen MR) is 140 cm³/mol. The van der Waals surface area contributed by atoms with Crippen molar-refractivity contribution in [3.05, 3.63) is 60.4 Å². The molecule has 1 atom stereocenters. The molecule has 0 bridgehead atoms. The van der Waals surface area contributed by atoms with E-state index >= 15 is 0 Å². The zero-order chi connectivity index (χ0) is 26.2. The molecular formula is C27H32N8O2. The first-order valence-electron chi connectivity index (χ1n) is 12.5. The van der Waals surface area contributed by atoms with Crippen molar-refractivity contribution < 1.29 is 9.32 Å². The molecule has 1 aliphatic carbocycles. The fraction of sp³-hybridized carbons (Fsp3) is 0.407. The van der Waals surface area contributed by atoms with Crippen molar-refractivity contribution in [2.24, 2.45) is 5.92 Å². The molecule has 1 aliphatic rings. The zero-order valence-electron chi connectivity index (χ0n) is 21.8. The van der Waals surface area contributed by atoms with Crippen molar-refractivity contribution in [2.75, 3.05) is 19.4 Å². The van der Waals surface area contributed by atoms with E-state index < -0.39 is 0 Å². The molecule has 1 N–H and O–H groups in total. The third kappa shape index (κ3) is 5.09. The molecule has 3 heterocycles. The Labute approximate surface area is 216 Å². The Morgan fingerprint density at radius 1 is 1.11 bits per heavy atom. The van der Waals surface area contributed by atoms with Crippen molar-refractivity contribution >= 4 is 11.9 Å². The second kappa shape index (κ2) is 9.76. The summed E-state index contributed by atoms with van der Waals surface area (Å²) < 4.78 is 7.24. The summed E-state index contributed by atoms with van der Waals surface area (Å²) in [4.78, 5) is 27.2. The number of carbonyl (C=O) groups excluding carboxylic acids is 1. The van der Waals surface area contributed by atoms with Crippen molar-refractivity contribution in [1.29, 1.82) is 0 Å². The van der Waals surface area contributed by atoms with Gasteiger partial charge in [-0.25, -0.2) is 9.97 Å². The minimum absolute atomic E-state index is 0.0413. The molecule has 10 nitrogen and oxygen atoms in total. The summed E-state index contributed by atoms with van der Waals surface area (Å²) in [5, 5.41) is 11.9. The topological polar surface area (TPSA) is 115 Å². The molecule has 10 heteroatoms. The van der Waals surface area contributed by atoms with E-state index in [0.29, 0.717) is 29.1 Å². The number of carbonyl (C=O) groups is 1. The van der Waals surface area contributed by atoms with E-state index in [1.54, 1.807) is 31.2 Å². The number of benzene rings is 1. The monoisotopic (exact) mass is 500 g/mol. The summed E-state index contributed by atoms with van der Waals surface area (Å²) in [6.07, 6.45) is 9.31. The first-order chi connectivity index (χ1) is 17.7.